The number of hydrogen-bond acceptors (Lipinski definition) is 4. The minimum atomic E-state index is -0.318. The van der Waals surface area contributed by atoms with Gasteiger partial charge in [-0.15, -0.1) is 11.3 Å². The van der Waals surface area contributed by atoms with Gasteiger partial charge in [0.15, 0.2) is 0 Å². The van der Waals surface area contributed by atoms with E-state index in [4.69, 9.17) is 0 Å². The highest BCUT2D eigenvalue weighted by Crippen LogP contribution is 2.28. The summed E-state index contributed by atoms with van der Waals surface area (Å²) in [6.45, 7) is 1.06. The summed E-state index contributed by atoms with van der Waals surface area (Å²) in [5, 5.41) is 6.50. The van der Waals surface area contributed by atoms with Crippen LogP contribution in [0, 0.1) is 5.82 Å². The van der Waals surface area contributed by atoms with E-state index in [9.17, 15) is 4.39 Å². The fourth-order valence-corrected chi connectivity index (χ4v) is 2.91. The Hall–Kier alpha value is -1.33. The van der Waals surface area contributed by atoms with Crippen molar-refractivity contribution >= 4 is 11.3 Å². The van der Waals surface area contributed by atoms with Crippen molar-refractivity contribution in [3.63, 3.8) is 0 Å². The Balaban J connectivity index is 1.86. The van der Waals surface area contributed by atoms with E-state index in [0.29, 0.717) is 6.04 Å². The lowest BCUT2D eigenvalue weighted by Gasteiger charge is -2.04. The lowest BCUT2D eigenvalue weighted by molar-refractivity contribution is 0.621. The summed E-state index contributed by atoms with van der Waals surface area (Å²) in [4.78, 5) is 8.60. The first-order valence-corrected chi connectivity index (χ1v) is 6.51. The zero-order valence-corrected chi connectivity index (χ0v) is 10.0. The first kappa shape index (κ1) is 10.8. The molecule has 0 amide bonds. The Morgan fingerprint density at radius 1 is 1.35 bits per heavy atom. The number of aromatic nitrogens is 2. The highest BCUT2D eigenvalue weighted by Gasteiger charge is 2.19. The van der Waals surface area contributed by atoms with E-state index in [1.165, 1.54) is 18.7 Å². The molecule has 1 unspecified atom stereocenters. The van der Waals surface area contributed by atoms with Crippen LogP contribution < -0.4 is 5.32 Å². The van der Waals surface area contributed by atoms with Crippen LogP contribution in [0.5, 0.6) is 0 Å². The van der Waals surface area contributed by atoms with Crippen molar-refractivity contribution in [1.29, 1.82) is 0 Å². The third-order valence-corrected chi connectivity index (χ3v) is 3.83. The molecule has 0 aliphatic carbocycles. The van der Waals surface area contributed by atoms with Crippen molar-refractivity contribution in [2.45, 2.75) is 18.9 Å². The van der Waals surface area contributed by atoms with Gasteiger partial charge in [0.1, 0.15) is 10.8 Å². The smallest absolute Gasteiger partial charge is 0.141 e. The molecule has 88 valence electrons. The molecule has 1 fully saturated rings. The quantitative estimate of drug-likeness (QED) is 0.889. The zero-order valence-electron chi connectivity index (χ0n) is 9.19. The van der Waals surface area contributed by atoms with E-state index < -0.39 is 0 Å². The fourth-order valence-electron chi connectivity index (χ4n) is 1.99. The Labute approximate surface area is 103 Å². The van der Waals surface area contributed by atoms with Gasteiger partial charge in [-0.1, -0.05) is 0 Å². The van der Waals surface area contributed by atoms with E-state index in [-0.39, 0.29) is 5.82 Å². The van der Waals surface area contributed by atoms with Gasteiger partial charge in [0, 0.05) is 5.38 Å². The molecule has 1 aliphatic heterocycles. The monoisotopic (exact) mass is 249 g/mol. The first-order chi connectivity index (χ1) is 8.33. The lowest BCUT2D eigenvalue weighted by Crippen LogP contribution is -2.12. The molecule has 1 N–H and O–H groups in total. The third kappa shape index (κ3) is 2.21. The minimum Gasteiger partial charge on any atom is -0.308 e. The Bertz CT molecular complexity index is 503. The van der Waals surface area contributed by atoms with Crippen LogP contribution in [0.15, 0.2) is 23.7 Å². The van der Waals surface area contributed by atoms with Crippen LogP contribution in [0.4, 0.5) is 4.39 Å². The Morgan fingerprint density at radius 3 is 3.00 bits per heavy atom. The molecule has 0 radical (unpaired) electrons. The fraction of sp³-hybridized carbons (Fsp3) is 0.333. The molecule has 17 heavy (non-hydrogen) atoms. The SMILES string of the molecule is Fc1ccc(-c2csc(C3CCCN3)n2)nc1. The second-order valence-corrected chi connectivity index (χ2v) is 4.97. The summed E-state index contributed by atoms with van der Waals surface area (Å²) in [5.74, 6) is -0.318. The predicted octanol–water partition coefficient (Wildman–Crippen LogP) is 2.77. The molecular formula is C12H12FN3S. The first-order valence-electron chi connectivity index (χ1n) is 5.64. The average Bonchev–Trinajstić information content (AvgIpc) is 3.00. The number of halogens is 1. The maximum absolute atomic E-state index is 12.8. The van der Waals surface area contributed by atoms with Crippen molar-refractivity contribution in [3.8, 4) is 11.4 Å². The summed E-state index contributed by atoms with van der Waals surface area (Å²) in [5.41, 5.74) is 1.56. The molecule has 2 aromatic rings. The van der Waals surface area contributed by atoms with Crippen LogP contribution in [-0.4, -0.2) is 16.5 Å². The molecule has 3 rings (SSSR count). The van der Waals surface area contributed by atoms with Crippen LogP contribution in [-0.2, 0) is 0 Å². The second-order valence-electron chi connectivity index (χ2n) is 4.08. The Kier molecular flexibility index (Phi) is 2.86. The summed E-state index contributed by atoms with van der Waals surface area (Å²) in [7, 11) is 0. The van der Waals surface area contributed by atoms with Gasteiger partial charge in [0.05, 0.1) is 23.6 Å². The van der Waals surface area contributed by atoms with Gasteiger partial charge in [-0.25, -0.2) is 9.37 Å². The van der Waals surface area contributed by atoms with E-state index in [1.807, 2.05) is 5.38 Å². The molecule has 0 spiro atoms. The summed E-state index contributed by atoms with van der Waals surface area (Å²) < 4.78 is 12.8. The van der Waals surface area contributed by atoms with E-state index >= 15 is 0 Å². The molecule has 5 heteroatoms. The molecule has 1 atom stereocenters. The van der Waals surface area contributed by atoms with Crippen LogP contribution in [0.3, 0.4) is 0 Å². The number of nitrogens with zero attached hydrogens (tertiary/aromatic N) is 2. The van der Waals surface area contributed by atoms with Gasteiger partial charge >= 0.3 is 0 Å². The molecule has 3 heterocycles. The van der Waals surface area contributed by atoms with Crippen LogP contribution in [0.25, 0.3) is 11.4 Å². The van der Waals surface area contributed by atoms with Crippen molar-refractivity contribution < 1.29 is 4.39 Å². The normalized spacial score (nSPS) is 19.7. The standard InChI is InChI=1S/C12H12FN3S/c13-8-3-4-9(15-6-8)11-7-17-12(16-11)10-2-1-5-14-10/h3-4,6-7,10,14H,1-2,5H2. The summed E-state index contributed by atoms with van der Waals surface area (Å²) in [6, 6.07) is 3.46. The summed E-state index contributed by atoms with van der Waals surface area (Å²) in [6.07, 6.45) is 3.57. The van der Waals surface area contributed by atoms with E-state index in [0.717, 1.165) is 29.4 Å². The van der Waals surface area contributed by atoms with Crippen LogP contribution in [0.1, 0.15) is 23.9 Å². The molecule has 3 nitrogen and oxygen atoms in total. The summed E-state index contributed by atoms with van der Waals surface area (Å²) >= 11 is 1.64. The molecule has 1 aliphatic rings. The largest absolute Gasteiger partial charge is 0.308 e. The van der Waals surface area contributed by atoms with Gasteiger partial charge in [-0.3, -0.25) is 4.98 Å². The molecule has 0 saturated carbocycles. The van der Waals surface area contributed by atoms with Crippen molar-refractivity contribution in [2.24, 2.45) is 0 Å². The van der Waals surface area contributed by atoms with Crippen LogP contribution >= 0.6 is 11.3 Å². The van der Waals surface area contributed by atoms with Gasteiger partial charge in [0.25, 0.3) is 0 Å². The zero-order chi connectivity index (χ0) is 11.7. The second kappa shape index (κ2) is 4.50. The lowest BCUT2D eigenvalue weighted by atomic mass is 10.2. The topological polar surface area (TPSA) is 37.8 Å². The van der Waals surface area contributed by atoms with Gasteiger partial charge in [-0.05, 0) is 31.5 Å². The number of nitrogens with one attached hydrogen (secondary N) is 1. The van der Waals surface area contributed by atoms with Crippen molar-refractivity contribution in [3.05, 3.63) is 34.5 Å². The number of rotatable bonds is 2. The maximum Gasteiger partial charge on any atom is 0.141 e. The molecular weight excluding hydrogens is 237 g/mol. The highest BCUT2D eigenvalue weighted by molar-refractivity contribution is 7.10. The van der Waals surface area contributed by atoms with E-state index in [2.05, 4.69) is 15.3 Å². The van der Waals surface area contributed by atoms with Crippen molar-refractivity contribution in [1.82, 2.24) is 15.3 Å². The van der Waals surface area contributed by atoms with Crippen LogP contribution in [0.2, 0.25) is 0 Å². The highest BCUT2D eigenvalue weighted by atomic mass is 32.1. The average molecular weight is 249 g/mol. The molecule has 0 aromatic carbocycles. The van der Waals surface area contributed by atoms with Gasteiger partial charge in [-0.2, -0.15) is 0 Å². The number of pyridine rings is 1. The van der Waals surface area contributed by atoms with Gasteiger partial charge in [0.2, 0.25) is 0 Å². The minimum absolute atomic E-state index is 0.318. The van der Waals surface area contributed by atoms with Crippen molar-refractivity contribution in [2.75, 3.05) is 6.54 Å². The predicted molar refractivity (Wildman–Crippen MR) is 65.3 cm³/mol. The third-order valence-electron chi connectivity index (χ3n) is 2.87. The Morgan fingerprint density at radius 2 is 2.29 bits per heavy atom. The number of thiazole rings is 1. The maximum atomic E-state index is 12.8. The number of hydrogen-bond donors (Lipinski definition) is 1. The molecule has 2 aromatic heterocycles. The molecule has 1 saturated heterocycles. The van der Waals surface area contributed by atoms with E-state index in [1.54, 1.807) is 17.4 Å². The van der Waals surface area contributed by atoms with Gasteiger partial charge < -0.3 is 5.32 Å². The molecule has 0 bridgehead atoms.